The molecule has 1 aliphatic carbocycles. The van der Waals surface area contributed by atoms with Crippen LogP contribution in [0.4, 0.5) is 24.1 Å². The normalized spacial score (nSPS) is 17.9. The van der Waals surface area contributed by atoms with E-state index in [1.54, 1.807) is 30.6 Å². The molecule has 4 rings (SSSR count). The highest BCUT2D eigenvalue weighted by Gasteiger charge is 2.31. The van der Waals surface area contributed by atoms with E-state index in [0.29, 0.717) is 50.1 Å². The summed E-state index contributed by atoms with van der Waals surface area (Å²) in [5, 5.41) is 2.78. The summed E-state index contributed by atoms with van der Waals surface area (Å²) in [7, 11) is 0. The van der Waals surface area contributed by atoms with Crippen molar-refractivity contribution in [3.05, 3.63) is 64.7 Å². The van der Waals surface area contributed by atoms with E-state index < -0.39 is 29.4 Å². The van der Waals surface area contributed by atoms with Gasteiger partial charge in [-0.3, -0.25) is 0 Å². The molecule has 0 bridgehead atoms. The molecule has 194 valence electrons. The molecule has 9 heteroatoms. The number of piperazine rings is 1. The fraction of sp³-hybridized carbons (Fsp3) is 0.481. The molecule has 0 saturated carbocycles. The number of nitrogens with zero attached hydrogens (tertiary/aromatic N) is 2. The van der Waals surface area contributed by atoms with Crippen molar-refractivity contribution in [1.29, 1.82) is 0 Å². The van der Waals surface area contributed by atoms with Gasteiger partial charge in [-0.15, -0.1) is 0 Å². The van der Waals surface area contributed by atoms with Gasteiger partial charge in [-0.25, -0.2) is 18.4 Å². The van der Waals surface area contributed by atoms with E-state index in [1.807, 2.05) is 30.3 Å². The fourth-order valence-corrected chi connectivity index (χ4v) is 4.59. The predicted molar refractivity (Wildman–Crippen MR) is 132 cm³/mol. The van der Waals surface area contributed by atoms with Crippen LogP contribution in [0, 0.1) is 11.6 Å². The molecular weight excluding hydrogens is 468 g/mol. The SMILES string of the molecule is CC(C)(C)OC(=O)N1CCN(c2cc(F)c3c(c2F)CCC(NC(=O)OCc2ccccc2)C3)CC1. The number of fused-ring (bicyclic) bond motifs is 1. The lowest BCUT2D eigenvalue weighted by molar-refractivity contribution is 0.0240. The van der Waals surface area contributed by atoms with E-state index in [0.717, 1.165) is 5.56 Å². The number of amides is 2. The number of halogens is 2. The van der Waals surface area contributed by atoms with Crippen molar-refractivity contribution in [2.75, 3.05) is 31.1 Å². The molecule has 2 aromatic carbocycles. The van der Waals surface area contributed by atoms with Crippen LogP contribution in [-0.2, 0) is 28.9 Å². The van der Waals surface area contributed by atoms with Gasteiger partial charge in [-0.1, -0.05) is 30.3 Å². The molecule has 2 amide bonds. The molecule has 0 spiro atoms. The number of hydrogen-bond acceptors (Lipinski definition) is 5. The summed E-state index contributed by atoms with van der Waals surface area (Å²) >= 11 is 0. The lowest BCUT2D eigenvalue weighted by Crippen LogP contribution is -2.50. The van der Waals surface area contributed by atoms with Crippen LogP contribution in [0.2, 0.25) is 0 Å². The first kappa shape index (κ1) is 25.7. The number of carbonyl (C=O) groups excluding carboxylic acids is 2. The van der Waals surface area contributed by atoms with Gasteiger partial charge in [0, 0.05) is 38.3 Å². The number of hydrogen-bond donors (Lipinski definition) is 1. The molecule has 1 fully saturated rings. The molecule has 2 aliphatic rings. The van der Waals surface area contributed by atoms with Crippen LogP contribution in [0.25, 0.3) is 0 Å². The Morgan fingerprint density at radius 3 is 2.42 bits per heavy atom. The maximum atomic E-state index is 15.5. The zero-order chi connectivity index (χ0) is 25.9. The maximum absolute atomic E-state index is 15.5. The number of ether oxygens (including phenoxy) is 2. The predicted octanol–water partition coefficient (Wildman–Crippen LogP) is 4.81. The Balaban J connectivity index is 1.35. The van der Waals surface area contributed by atoms with Crippen molar-refractivity contribution in [3.63, 3.8) is 0 Å². The van der Waals surface area contributed by atoms with Gasteiger partial charge in [0.2, 0.25) is 0 Å². The van der Waals surface area contributed by atoms with Crippen LogP contribution in [0.15, 0.2) is 36.4 Å². The van der Waals surface area contributed by atoms with Gasteiger partial charge in [0.25, 0.3) is 0 Å². The first-order chi connectivity index (χ1) is 17.1. The summed E-state index contributed by atoms with van der Waals surface area (Å²) in [5.41, 5.74) is 1.14. The van der Waals surface area contributed by atoms with Gasteiger partial charge in [-0.2, -0.15) is 0 Å². The van der Waals surface area contributed by atoms with Crippen molar-refractivity contribution in [2.45, 2.75) is 58.3 Å². The van der Waals surface area contributed by atoms with Crippen molar-refractivity contribution in [2.24, 2.45) is 0 Å². The van der Waals surface area contributed by atoms with E-state index in [9.17, 15) is 9.59 Å². The molecule has 36 heavy (non-hydrogen) atoms. The molecule has 7 nitrogen and oxygen atoms in total. The van der Waals surface area contributed by atoms with Crippen LogP contribution < -0.4 is 10.2 Å². The van der Waals surface area contributed by atoms with Crippen LogP contribution in [0.3, 0.4) is 0 Å². The monoisotopic (exact) mass is 501 g/mol. The Labute approximate surface area is 210 Å². The molecule has 1 atom stereocenters. The van der Waals surface area contributed by atoms with Crippen molar-refractivity contribution >= 4 is 17.9 Å². The number of benzene rings is 2. The number of nitrogens with one attached hydrogen (secondary N) is 1. The largest absolute Gasteiger partial charge is 0.445 e. The average Bonchev–Trinajstić information content (AvgIpc) is 2.85. The summed E-state index contributed by atoms with van der Waals surface area (Å²) in [4.78, 5) is 27.9. The van der Waals surface area contributed by atoms with E-state index in [2.05, 4.69) is 5.32 Å². The molecule has 1 aliphatic heterocycles. The summed E-state index contributed by atoms with van der Waals surface area (Å²) < 4.78 is 41.3. The van der Waals surface area contributed by atoms with Crippen molar-refractivity contribution in [1.82, 2.24) is 10.2 Å². The minimum absolute atomic E-state index is 0.142. The highest BCUT2D eigenvalue weighted by atomic mass is 19.1. The quantitative estimate of drug-likeness (QED) is 0.652. The lowest BCUT2D eigenvalue weighted by Gasteiger charge is -2.37. The zero-order valence-corrected chi connectivity index (χ0v) is 21.0. The van der Waals surface area contributed by atoms with Gasteiger partial charge >= 0.3 is 12.2 Å². The van der Waals surface area contributed by atoms with Crippen molar-refractivity contribution < 1.29 is 27.8 Å². The highest BCUT2D eigenvalue weighted by Crippen LogP contribution is 2.33. The fourth-order valence-electron chi connectivity index (χ4n) is 4.59. The highest BCUT2D eigenvalue weighted by molar-refractivity contribution is 5.69. The smallest absolute Gasteiger partial charge is 0.410 e. The molecular formula is C27H33F2N3O4. The van der Waals surface area contributed by atoms with E-state index in [4.69, 9.17) is 9.47 Å². The van der Waals surface area contributed by atoms with Gasteiger partial charge in [0.15, 0.2) is 0 Å². The van der Waals surface area contributed by atoms with Gasteiger partial charge in [-0.05, 0) is 56.7 Å². The Bertz CT molecular complexity index is 1100. The minimum atomic E-state index is -0.590. The molecule has 1 saturated heterocycles. The summed E-state index contributed by atoms with van der Waals surface area (Å²) in [6.07, 6.45) is 0.0194. The van der Waals surface area contributed by atoms with Gasteiger partial charge in [0.1, 0.15) is 23.8 Å². The second-order valence-electron chi connectivity index (χ2n) is 10.2. The summed E-state index contributed by atoms with van der Waals surface area (Å²) in [6, 6.07) is 10.2. The average molecular weight is 502 g/mol. The van der Waals surface area contributed by atoms with Crippen LogP contribution in [0.1, 0.15) is 43.9 Å². The Morgan fingerprint density at radius 1 is 1.06 bits per heavy atom. The van der Waals surface area contributed by atoms with Gasteiger partial charge in [0.05, 0.1) is 5.69 Å². The van der Waals surface area contributed by atoms with Crippen molar-refractivity contribution in [3.8, 4) is 0 Å². The standard InChI is InChI=1S/C27H33F2N3O4/c1-27(2,3)36-26(34)32-13-11-31(12-14-32)23-16-22(28)21-15-19(9-10-20(21)24(23)29)30-25(33)35-17-18-7-5-4-6-8-18/h4-8,16,19H,9-15,17H2,1-3H3,(H,30,33). The molecule has 1 N–H and O–H groups in total. The minimum Gasteiger partial charge on any atom is -0.445 e. The third-order valence-electron chi connectivity index (χ3n) is 6.41. The third-order valence-corrected chi connectivity index (χ3v) is 6.41. The maximum Gasteiger partial charge on any atom is 0.410 e. The van der Waals surface area contributed by atoms with E-state index >= 15 is 8.78 Å². The van der Waals surface area contributed by atoms with Crippen LogP contribution >= 0.6 is 0 Å². The topological polar surface area (TPSA) is 71.1 Å². The number of anilines is 1. The Morgan fingerprint density at radius 2 is 1.75 bits per heavy atom. The number of alkyl carbamates (subject to hydrolysis) is 1. The van der Waals surface area contributed by atoms with Gasteiger partial charge < -0.3 is 24.6 Å². The second-order valence-corrected chi connectivity index (χ2v) is 10.2. The number of carbonyl (C=O) groups is 2. The summed E-state index contributed by atoms with van der Waals surface area (Å²) in [6.45, 7) is 7.05. The first-order valence-electron chi connectivity index (χ1n) is 12.3. The Kier molecular flexibility index (Phi) is 7.66. The molecule has 2 aromatic rings. The Hall–Kier alpha value is -3.36. The molecule has 1 heterocycles. The molecule has 0 aromatic heterocycles. The first-order valence-corrected chi connectivity index (χ1v) is 12.3. The summed E-state index contributed by atoms with van der Waals surface area (Å²) in [5.74, 6) is -0.914. The van der Waals surface area contributed by atoms with Crippen LogP contribution in [-0.4, -0.2) is 54.9 Å². The molecule has 1 unspecified atom stereocenters. The van der Waals surface area contributed by atoms with E-state index in [1.165, 1.54) is 6.07 Å². The molecule has 0 radical (unpaired) electrons. The lowest BCUT2D eigenvalue weighted by atomic mass is 9.87. The van der Waals surface area contributed by atoms with Crippen LogP contribution in [0.5, 0.6) is 0 Å². The number of rotatable bonds is 4. The second kappa shape index (κ2) is 10.7. The van der Waals surface area contributed by atoms with E-state index in [-0.39, 0.29) is 24.8 Å². The third kappa shape index (κ3) is 6.25. The zero-order valence-electron chi connectivity index (χ0n) is 21.0.